The van der Waals surface area contributed by atoms with Gasteiger partial charge in [-0.25, -0.2) is 0 Å². The number of nitrogens with one attached hydrogen (secondary N) is 1. The van der Waals surface area contributed by atoms with Crippen LogP contribution in [0.5, 0.6) is 0 Å². The van der Waals surface area contributed by atoms with Gasteiger partial charge in [-0.3, -0.25) is 0 Å². The molecular weight excluding hydrogens is 150 g/mol. The molecule has 1 aliphatic heterocycles. The van der Waals surface area contributed by atoms with Gasteiger partial charge in [0.2, 0.25) is 0 Å². The highest BCUT2D eigenvalue weighted by atomic mass is 16.5. The molecule has 1 fully saturated rings. The second kappa shape index (κ2) is 5.55. The predicted octanol–water partition coefficient (Wildman–Crippen LogP) is 1.94. The monoisotopic (exact) mass is 171 g/mol. The number of rotatable bonds is 5. The molecule has 0 spiro atoms. The third kappa shape index (κ3) is 4.07. The van der Waals surface area contributed by atoms with Crippen molar-refractivity contribution in [2.45, 2.75) is 51.7 Å². The lowest BCUT2D eigenvalue weighted by Crippen LogP contribution is -2.21. The molecular formula is C10H21NO. The van der Waals surface area contributed by atoms with Crippen LogP contribution in [0, 0.1) is 0 Å². The first-order valence-corrected chi connectivity index (χ1v) is 5.14. The van der Waals surface area contributed by atoms with Gasteiger partial charge < -0.3 is 10.1 Å². The smallest absolute Gasteiger partial charge is 0.0518 e. The summed E-state index contributed by atoms with van der Waals surface area (Å²) < 4.78 is 5.47. The molecule has 1 saturated heterocycles. The molecule has 0 aromatic heterocycles. The lowest BCUT2D eigenvalue weighted by atomic mass is 10.1. The summed E-state index contributed by atoms with van der Waals surface area (Å²) in [7, 11) is 0. The van der Waals surface area contributed by atoms with Crippen LogP contribution in [0.25, 0.3) is 0 Å². The largest absolute Gasteiger partial charge is 0.379 e. The molecule has 0 aliphatic carbocycles. The highest BCUT2D eigenvalue weighted by Gasteiger charge is 2.12. The fraction of sp³-hybridized carbons (Fsp3) is 1.00. The zero-order valence-corrected chi connectivity index (χ0v) is 8.31. The standard InChI is InChI=1S/C10H21NO/c1-9(2)12-8-4-6-10-5-3-7-11-10/h9-11H,3-8H2,1-2H3/t10-/m1/s1. The quantitative estimate of drug-likeness (QED) is 0.638. The minimum absolute atomic E-state index is 0.390. The average Bonchev–Trinajstić information content (AvgIpc) is 2.49. The summed E-state index contributed by atoms with van der Waals surface area (Å²) in [4.78, 5) is 0. The molecule has 1 N–H and O–H groups in total. The molecule has 0 amide bonds. The molecule has 1 rings (SSSR count). The van der Waals surface area contributed by atoms with Crippen LogP contribution in [0.2, 0.25) is 0 Å². The van der Waals surface area contributed by atoms with Crippen molar-refractivity contribution >= 4 is 0 Å². The van der Waals surface area contributed by atoms with Gasteiger partial charge in [0.25, 0.3) is 0 Å². The van der Waals surface area contributed by atoms with Gasteiger partial charge in [-0.15, -0.1) is 0 Å². The van der Waals surface area contributed by atoms with Crippen molar-refractivity contribution in [2.24, 2.45) is 0 Å². The summed E-state index contributed by atoms with van der Waals surface area (Å²) in [5, 5.41) is 3.49. The van der Waals surface area contributed by atoms with Crippen LogP contribution in [0.1, 0.15) is 39.5 Å². The Morgan fingerprint density at radius 1 is 1.50 bits per heavy atom. The van der Waals surface area contributed by atoms with E-state index >= 15 is 0 Å². The van der Waals surface area contributed by atoms with E-state index < -0.39 is 0 Å². The van der Waals surface area contributed by atoms with Crippen LogP contribution in [-0.2, 0) is 4.74 Å². The topological polar surface area (TPSA) is 21.3 Å². The van der Waals surface area contributed by atoms with Crippen LogP contribution in [0.4, 0.5) is 0 Å². The zero-order chi connectivity index (χ0) is 8.81. The van der Waals surface area contributed by atoms with E-state index in [4.69, 9.17) is 4.74 Å². The van der Waals surface area contributed by atoms with Crippen molar-refractivity contribution in [3.8, 4) is 0 Å². The van der Waals surface area contributed by atoms with E-state index in [2.05, 4.69) is 19.2 Å². The first-order valence-electron chi connectivity index (χ1n) is 5.14. The van der Waals surface area contributed by atoms with Gasteiger partial charge in [0.05, 0.1) is 6.10 Å². The Morgan fingerprint density at radius 3 is 2.92 bits per heavy atom. The van der Waals surface area contributed by atoms with Gasteiger partial charge in [-0.05, 0) is 46.1 Å². The third-order valence-electron chi connectivity index (χ3n) is 2.31. The van der Waals surface area contributed by atoms with E-state index in [1.54, 1.807) is 0 Å². The molecule has 0 radical (unpaired) electrons. The molecule has 1 heterocycles. The maximum Gasteiger partial charge on any atom is 0.0518 e. The zero-order valence-electron chi connectivity index (χ0n) is 8.31. The normalized spacial score (nSPS) is 23.8. The summed E-state index contributed by atoms with van der Waals surface area (Å²) >= 11 is 0. The van der Waals surface area contributed by atoms with Gasteiger partial charge in [0.15, 0.2) is 0 Å². The molecule has 0 unspecified atom stereocenters. The fourth-order valence-electron chi connectivity index (χ4n) is 1.65. The minimum Gasteiger partial charge on any atom is -0.379 e. The SMILES string of the molecule is CC(C)OCCC[C@H]1CCCN1. The van der Waals surface area contributed by atoms with Crippen molar-refractivity contribution in [2.75, 3.05) is 13.2 Å². The molecule has 72 valence electrons. The van der Waals surface area contributed by atoms with E-state index in [0.29, 0.717) is 6.10 Å². The van der Waals surface area contributed by atoms with Crippen LogP contribution < -0.4 is 5.32 Å². The van der Waals surface area contributed by atoms with Crippen molar-refractivity contribution in [3.05, 3.63) is 0 Å². The van der Waals surface area contributed by atoms with Crippen molar-refractivity contribution in [1.29, 1.82) is 0 Å². The van der Waals surface area contributed by atoms with E-state index in [-0.39, 0.29) is 0 Å². The Hall–Kier alpha value is -0.0800. The Balaban J connectivity index is 1.88. The van der Waals surface area contributed by atoms with Gasteiger partial charge in [0.1, 0.15) is 0 Å². The molecule has 0 bridgehead atoms. The van der Waals surface area contributed by atoms with Crippen LogP contribution in [0.3, 0.4) is 0 Å². The average molecular weight is 171 g/mol. The van der Waals surface area contributed by atoms with E-state index in [1.807, 2.05) is 0 Å². The Kier molecular flexibility index (Phi) is 4.62. The Labute approximate surface area is 75.7 Å². The molecule has 2 heteroatoms. The van der Waals surface area contributed by atoms with E-state index in [1.165, 1.54) is 32.2 Å². The first-order chi connectivity index (χ1) is 5.79. The Morgan fingerprint density at radius 2 is 2.33 bits per heavy atom. The summed E-state index contributed by atoms with van der Waals surface area (Å²) in [6, 6.07) is 0.778. The molecule has 12 heavy (non-hydrogen) atoms. The summed E-state index contributed by atoms with van der Waals surface area (Å²) in [5.74, 6) is 0. The van der Waals surface area contributed by atoms with Crippen molar-refractivity contribution in [1.82, 2.24) is 5.32 Å². The highest BCUT2D eigenvalue weighted by Crippen LogP contribution is 2.10. The second-order valence-electron chi connectivity index (χ2n) is 3.86. The fourth-order valence-corrected chi connectivity index (χ4v) is 1.65. The molecule has 2 nitrogen and oxygen atoms in total. The lowest BCUT2D eigenvalue weighted by Gasteiger charge is -2.11. The van der Waals surface area contributed by atoms with E-state index in [9.17, 15) is 0 Å². The van der Waals surface area contributed by atoms with Crippen LogP contribution >= 0.6 is 0 Å². The number of ether oxygens (including phenoxy) is 1. The molecule has 0 saturated carbocycles. The molecule has 0 aromatic carbocycles. The predicted molar refractivity (Wildman–Crippen MR) is 51.3 cm³/mol. The van der Waals surface area contributed by atoms with Crippen molar-refractivity contribution in [3.63, 3.8) is 0 Å². The summed E-state index contributed by atoms with van der Waals surface area (Å²) in [6.45, 7) is 6.33. The summed E-state index contributed by atoms with van der Waals surface area (Å²) in [5.41, 5.74) is 0. The second-order valence-corrected chi connectivity index (χ2v) is 3.86. The van der Waals surface area contributed by atoms with Gasteiger partial charge in [-0.2, -0.15) is 0 Å². The van der Waals surface area contributed by atoms with Gasteiger partial charge in [0, 0.05) is 12.6 Å². The third-order valence-corrected chi connectivity index (χ3v) is 2.31. The highest BCUT2D eigenvalue weighted by molar-refractivity contribution is 4.73. The van der Waals surface area contributed by atoms with Gasteiger partial charge in [-0.1, -0.05) is 0 Å². The van der Waals surface area contributed by atoms with Crippen molar-refractivity contribution < 1.29 is 4.74 Å². The maximum absolute atomic E-state index is 5.47. The summed E-state index contributed by atoms with van der Waals surface area (Å²) in [6.07, 6.45) is 5.60. The number of hydrogen-bond donors (Lipinski definition) is 1. The Bertz CT molecular complexity index is 108. The van der Waals surface area contributed by atoms with Crippen LogP contribution in [-0.4, -0.2) is 25.3 Å². The van der Waals surface area contributed by atoms with Gasteiger partial charge >= 0.3 is 0 Å². The molecule has 1 aliphatic rings. The number of hydrogen-bond acceptors (Lipinski definition) is 2. The molecule has 1 atom stereocenters. The molecule has 0 aromatic rings. The lowest BCUT2D eigenvalue weighted by molar-refractivity contribution is 0.0748. The first kappa shape index (κ1) is 10.0. The maximum atomic E-state index is 5.47. The van der Waals surface area contributed by atoms with E-state index in [0.717, 1.165) is 12.6 Å². The minimum atomic E-state index is 0.390. The van der Waals surface area contributed by atoms with Crippen LogP contribution in [0.15, 0.2) is 0 Å².